The van der Waals surface area contributed by atoms with Gasteiger partial charge in [0.2, 0.25) is 17.8 Å². The molecule has 220 valence electrons. The molecule has 0 bridgehead atoms. The van der Waals surface area contributed by atoms with E-state index in [1.807, 2.05) is 61.1 Å². The van der Waals surface area contributed by atoms with E-state index in [0.29, 0.717) is 34.9 Å². The summed E-state index contributed by atoms with van der Waals surface area (Å²) in [6, 6.07) is 11.5. The zero-order valence-corrected chi connectivity index (χ0v) is 24.8. The third-order valence-corrected chi connectivity index (χ3v) is 7.38. The van der Waals surface area contributed by atoms with Crippen molar-refractivity contribution in [1.29, 1.82) is 5.26 Å². The summed E-state index contributed by atoms with van der Waals surface area (Å²) in [5.74, 6) is 0.344. The van der Waals surface area contributed by atoms with E-state index in [2.05, 4.69) is 33.2 Å². The van der Waals surface area contributed by atoms with E-state index < -0.39 is 0 Å². The molecule has 0 saturated heterocycles. The molecule has 0 fully saturated rings. The number of nitrogens with one attached hydrogen (secondary N) is 2. The number of para-hydroxylation sites is 1. The lowest BCUT2D eigenvalue weighted by molar-refractivity contribution is -0.119. The van der Waals surface area contributed by atoms with Crippen molar-refractivity contribution in [2.24, 2.45) is 0 Å². The van der Waals surface area contributed by atoms with Gasteiger partial charge >= 0.3 is 0 Å². The molecule has 0 unspecified atom stereocenters. The summed E-state index contributed by atoms with van der Waals surface area (Å²) >= 11 is 0. The summed E-state index contributed by atoms with van der Waals surface area (Å²) in [4.78, 5) is 39.8. The molecule has 0 spiro atoms. The summed E-state index contributed by atoms with van der Waals surface area (Å²) in [5, 5.41) is 16.9. The molecule has 2 aromatic heterocycles. The van der Waals surface area contributed by atoms with Crippen LogP contribution in [0.2, 0.25) is 0 Å². The minimum atomic E-state index is -0.354. The smallest absolute Gasteiger partial charge is 0.247 e. The van der Waals surface area contributed by atoms with Gasteiger partial charge in [0.05, 0.1) is 52.8 Å². The Kier molecular flexibility index (Phi) is 8.00. The van der Waals surface area contributed by atoms with Crippen molar-refractivity contribution < 1.29 is 14.3 Å². The average Bonchev–Trinajstić information content (AvgIpc) is 3.37. The fraction of sp³-hybridized carbons (Fsp3) is 0.258. The maximum atomic E-state index is 12.6. The fourth-order valence-electron chi connectivity index (χ4n) is 5.07. The lowest BCUT2D eigenvalue weighted by Gasteiger charge is -2.26. The van der Waals surface area contributed by atoms with Crippen molar-refractivity contribution >= 4 is 51.4 Å². The van der Waals surface area contributed by atoms with Gasteiger partial charge in [-0.05, 0) is 32.3 Å². The number of methoxy groups -OCH3 is 1. The van der Waals surface area contributed by atoms with Crippen LogP contribution < -0.4 is 25.2 Å². The number of hydrogen-bond acceptors (Lipinski definition) is 9. The Bertz CT molecular complexity index is 1790. The molecule has 3 heterocycles. The molecule has 2 amide bonds. The zero-order valence-electron chi connectivity index (χ0n) is 24.8. The summed E-state index contributed by atoms with van der Waals surface area (Å²) in [6.45, 7) is 5.27. The number of hydrogen-bond donors (Lipinski definition) is 2. The molecule has 1 aliphatic rings. The Balaban J connectivity index is 1.58. The number of anilines is 5. The van der Waals surface area contributed by atoms with Crippen molar-refractivity contribution in [2.75, 3.05) is 68.8 Å². The Hall–Kier alpha value is -5.41. The minimum absolute atomic E-state index is 0.0325. The molecular formula is C31H33N9O3. The minimum Gasteiger partial charge on any atom is -0.494 e. The van der Waals surface area contributed by atoms with Crippen LogP contribution >= 0.6 is 0 Å². The van der Waals surface area contributed by atoms with E-state index in [-0.39, 0.29) is 29.9 Å². The monoisotopic (exact) mass is 579 g/mol. The first kappa shape index (κ1) is 29.1. The Morgan fingerprint density at radius 2 is 2.02 bits per heavy atom. The molecule has 0 atom stereocenters. The van der Waals surface area contributed by atoms with Crippen molar-refractivity contribution in [2.45, 2.75) is 6.54 Å². The maximum Gasteiger partial charge on any atom is 0.247 e. The molecule has 0 saturated carbocycles. The molecule has 2 N–H and O–H groups in total. The highest BCUT2D eigenvalue weighted by atomic mass is 16.5. The van der Waals surface area contributed by atoms with E-state index in [4.69, 9.17) is 9.72 Å². The number of aromatic nitrogens is 3. The molecular weight excluding hydrogens is 546 g/mol. The van der Waals surface area contributed by atoms with Crippen LogP contribution in [0.1, 0.15) is 5.56 Å². The third-order valence-electron chi connectivity index (χ3n) is 7.38. The summed E-state index contributed by atoms with van der Waals surface area (Å²) in [7, 11) is 9.25. The van der Waals surface area contributed by atoms with Crippen LogP contribution in [0.3, 0.4) is 0 Å². The Morgan fingerprint density at radius 1 is 1.23 bits per heavy atom. The van der Waals surface area contributed by atoms with Gasteiger partial charge in [-0.25, -0.2) is 9.97 Å². The summed E-state index contributed by atoms with van der Waals surface area (Å²) < 4.78 is 7.61. The molecule has 2 aromatic carbocycles. The SMILES string of the molecule is C=CC(=O)Nc1cc(Nc2ncc(C#N)c(-c3cn4c5c(cccc35)N(C)C(=O)C4)n2)c(OC)cc1N(C)CCN(C)C. The predicted octanol–water partition coefficient (Wildman–Crippen LogP) is 3.82. The molecule has 12 heteroatoms. The van der Waals surface area contributed by atoms with Gasteiger partial charge < -0.3 is 34.6 Å². The van der Waals surface area contributed by atoms with Crippen LogP contribution in [0.5, 0.6) is 5.75 Å². The number of benzene rings is 2. The zero-order chi connectivity index (χ0) is 30.8. The first-order valence-electron chi connectivity index (χ1n) is 13.6. The topological polar surface area (TPSA) is 132 Å². The van der Waals surface area contributed by atoms with Crippen LogP contribution in [0.25, 0.3) is 22.2 Å². The van der Waals surface area contributed by atoms with Gasteiger partial charge in [0.25, 0.3) is 0 Å². The second kappa shape index (κ2) is 11.8. The number of likely N-dealkylation sites (N-methyl/N-ethyl adjacent to an activating group) is 3. The van der Waals surface area contributed by atoms with Gasteiger partial charge in [0.1, 0.15) is 18.4 Å². The molecule has 0 aliphatic carbocycles. The fourth-order valence-corrected chi connectivity index (χ4v) is 5.07. The molecule has 1 aliphatic heterocycles. The quantitative estimate of drug-likeness (QED) is 0.269. The van der Waals surface area contributed by atoms with Crippen LogP contribution in [0.4, 0.5) is 28.7 Å². The summed E-state index contributed by atoms with van der Waals surface area (Å²) in [5.41, 5.74) is 4.94. The first-order valence-corrected chi connectivity index (χ1v) is 13.6. The number of amides is 2. The molecule has 0 radical (unpaired) electrons. The van der Waals surface area contributed by atoms with E-state index >= 15 is 0 Å². The standard InChI is InChI=1S/C31H33N9O3/c1-7-27(41)34-22-13-23(26(43-6)14-25(22)38(4)12-11-37(2)3)35-31-33-16-19(15-32)29(36-31)21-17-40-18-28(42)39(5)24-10-8-9-20(21)30(24)40/h7-10,13-14,16-17H,1,11-12,18H2,2-6H3,(H,34,41)(H,33,35,36). The molecule has 4 aromatic rings. The molecule has 12 nitrogen and oxygen atoms in total. The van der Waals surface area contributed by atoms with Crippen LogP contribution in [-0.4, -0.2) is 79.6 Å². The van der Waals surface area contributed by atoms with Gasteiger partial charge in [-0.2, -0.15) is 5.26 Å². The lowest BCUT2D eigenvalue weighted by Crippen LogP contribution is -2.33. The maximum absolute atomic E-state index is 12.6. The second-order valence-electron chi connectivity index (χ2n) is 10.5. The van der Waals surface area contributed by atoms with Gasteiger partial charge in [0, 0.05) is 50.4 Å². The van der Waals surface area contributed by atoms with E-state index in [1.54, 1.807) is 25.1 Å². The van der Waals surface area contributed by atoms with E-state index in [9.17, 15) is 14.9 Å². The Labute approximate surface area is 249 Å². The highest BCUT2D eigenvalue weighted by Gasteiger charge is 2.26. The highest BCUT2D eigenvalue weighted by molar-refractivity contribution is 6.10. The van der Waals surface area contributed by atoms with Gasteiger partial charge in [0.15, 0.2) is 0 Å². The van der Waals surface area contributed by atoms with Gasteiger partial charge in [-0.1, -0.05) is 18.7 Å². The average molecular weight is 580 g/mol. The summed E-state index contributed by atoms with van der Waals surface area (Å²) in [6.07, 6.45) is 4.53. The Morgan fingerprint density at radius 3 is 2.72 bits per heavy atom. The van der Waals surface area contributed by atoms with E-state index in [1.165, 1.54) is 12.3 Å². The second-order valence-corrected chi connectivity index (χ2v) is 10.5. The van der Waals surface area contributed by atoms with Crippen molar-refractivity contribution in [3.05, 3.63) is 60.9 Å². The van der Waals surface area contributed by atoms with Crippen LogP contribution in [0, 0.1) is 11.3 Å². The number of nitrogens with zero attached hydrogens (tertiary/aromatic N) is 7. The molecule has 5 rings (SSSR count). The van der Waals surface area contributed by atoms with Crippen molar-refractivity contribution in [1.82, 2.24) is 19.4 Å². The normalized spacial score (nSPS) is 12.3. The number of rotatable bonds is 10. The lowest BCUT2D eigenvalue weighted by atomic mass is 10.1. The molecule has 43 heavy (non-hydrogen) atoms. The van der Waals surface area contributed by atoms with Crippen LogP contribution in [0.15, 0.2) is 55.4 Å². The first-order chi connectivity index (χ1) is 20.6. The predicted molar refractivity (Wildman–Crippen MR) is 168 cm³/mol. The third kappa shape index (κ3) is 5.58. The number of carbonyl (C=O) groups is 2. The van der Waals surface area contributed by atoms with Gasteiger partial charge in [-0.3, -0.25) is 9.59 Å². The number of nitriles is 1. The largest absolute Gasteiger partial charge is 0.494 e. The van der Waals surface area contributed by atoms with Crippen LogP contribution in [-0.2, 0) is 16.1 Å². The van der Waals surface area contributed by atoms with Gasteiger partial charge in [-0.15, -0.1) is 0 Å². The van der Waals surface area contributed by atoms with Crippen molar-refractivity contribution in [3.63, 3.8) is 0 Å². The van der Waals surface area contributed by atoms with E-state index in [0.717, 1.165) is 28.8 Å². The van der Waals surface area contributed by atoms with Crippen molar-refractivity contribution in [3.8, 4) is 23.1 Å². The number of carbonyl (C=O) groups excluding carboxylic acids is 2. The number of ether oxygens (including phenoxy) is 1. The highest BCUT2D eigenvalue weighted by Crippen LogP contribution is 2.40.